The fraction of sp³-hybridized carbons (Fsp3) is 0.750. The average molecular weight is 169 g/mol. The lowest BCUT2D eigenvalue weighted by Gasteiger charge is -2.23. The number of carbonyl (C=O) groups excluding carboxylic acids is 1. The zero-order valence-electron chi connectivity index (χ0n) is 7.55. The Morgan fingerprint density at radius 2 is 2.33 bits per heavy atom. The normalized spacial score (nSPS) is 14.5. The van der Waals surface area contributed by atoms with Crippen LogP contribution in [-0.4, -0.2) is 19.0 Å². The molecule has 1 atom stereocenters. The first-order chi connectivity index (χ1) is 5.60. The third-order valence-corrected chi connectivity index (χ3v) is 2.11. The molecule has 0 saturated heterocycles. The molecule has 0 fully saturated rings. The van der Waals surface area contributed by atoms with Crippen LogP contribution < -0.4 is 11.1 Å². The zero-order valence-corrected chi connectivity index (χ0v) is 7.55. The fourth-order valence-electron chi connectivity index (χ4n) is 0.731. The summed E-state index contributed by atoms with van der Waals surface area (Å²) in [7, 11) is 0. The van der Waals surface area contributed by atoms with Crippen molar-refractivity contribution in [1.29, 1.82) is 5.26 Å². The summed E-state index contributed by atoms with van der Waals surface area (Å²) in [5, 5.41) is 10.7. The Morgan fingerprint density at radius 3 is 2.67 bits per heavy atom. The molecular weight excluding hydrogens is 154 g/mol. The molecular formula is C8H15N3O. The van der Waals surface area contributed by atoms with E-state index in [1.165, 1.54) is 0 Å². The van der Waals surface area contributed by atoms with Gasteiger partial charge in [0, 0.05) is 6.54 Å². The molecule has 0 aliphatic rings. The second kappa shape index (κ2) is 4.73. The van der Waals surface area contributed by atoms with Crippen molar-refractivity contribution in [3.8, 4) is 6.07 Å². The number of rotatable bonds is 4. The maximum Gasteiger partial charge on any atom is 0.228 e. The molecule has 0 aromatic rings. The summed E-state index contributed by atoms with van der Waals surface area (Å²) in [4.78, 5) is 11.3. The highest BCUT2D eigenvalue weighted by Crippen LogP contribution is 2.18. The van der Waals surface area contributed by atoms with Crippen LogP contribution in [0, 0.1) is 16.7 Å². The maximum absolute atomic E-state index is 11.3. The van der Waals surface area contributed by atoms with E-state index in [0.717, 1.165) is 0 Å². The Labute approximate surface area is 72.7 Å². The molecule has 68 valence electrons. The topological polar surface area (TPSA) is 78.9 Å². The number of carbonyl (C=O) groups is 1. The van der Waals surface area contributed by atoms with Crippen LogP contribution in [0.15, 0.2) is 0 Å². The van der Waals surface area contributed by atoms with Crippen molar-refractivity contribution in [3.05, 3.63) is 0 Å². The van der Waals surface area contributed by atoms with Crippen molar-refractivity contribution in [2.24, 2.45) is 11.1 Å². The van der Waals surface area contributed by atoms with Crippen LogP contribution in [0.1, 0.15) is 20.3 Å². The molecule has 0 aromatic carbocycles. The van der Waals surface area contributed by atoms with Gasteiger partial charge in [0.25, 0.3) is 0 Å². The van der Waals surface area contributed by atoms with Crippen LogP contribution in [-0.2, 0) is 4.79 Å². The predicted molar refractivity (Wildman–Crippen MR) is 46.1 cm³/mol. The molecule has 3 N–H and O–H groups in total. The van der Waals surface area contributed by atoms with Gasteiger partial charge in [-0.3, -0.25) is 4.79 Å². The van der Waals surface area contributed by atoms with Gasteiger partial charge in [0.2, 0.25) is 5.91 Å². The van der Waals surface area contributed by atoms with E-state index in [1.807, 2.05) is 13.0 Å². The number of nitrogens with zero attached hydrogens (tertiary/aromatic N) is 1. The molecule has 0 spiro atoms. The summed E-state index contributed by atoms with van der Waals surface area (Å²) in [6.45, 7) is 4.05. The first-order valence-corrected chi connectivity index (χ1v) is 3.96. The Kier molecular flexibility index (Phi) is 4.30. The summed E-state index contributed by atoms with van der Waals surface area (Å²) < 4.78 is 0. The van der Waals surface area contributed by atoms with Gasteiger partial charge in [-0.2, -0.15) is 5.26 Å². The van der Waals surface area contributed by atoms with Crippen LogP contribution in [0.4, 0.5) is 0 Å². The van der Waals surface area contributed by atoms with Crippen LogP contribution >= 0.6 is 0 Å². The smallest absolute Gasteiger partial charge is 0.228 e. The highest BCUT2D eigenvalue weighted by molar-refractivity contribution is 5.82. The molecule has 1 unspecified atom stereocenters. The van der Waals surface area contributed by atoms with E-state index in [2.05, 4.69) is 5.32 Å². The van der Waals surface area contributed by atoms with Gasteiger partial charge in [-0.15, -0.1) is 0 Å². The number of hydrogen-bond acceptors (Lipinski definition) is 3. The SMILES string of the molecule is CCC(C)(CN)C(=O)NCC#N. The Bertz CT molecular complexity index is 191. The van der Waals surface area contributed by atoms with Crippen molar-refractivity contribution in [2.45, 2.75) is 20.3 Å². The molecule has 0 rings (SSSR count). The molecule has 4 nitrogen and oxygen atoms in total. The van der Waals surface area contributed by atoms with Crippen LogP contribution in [0.3, 0.4) is 0 Å². The fourth-order valence-corrected chi connectivity index (χ4v) is 0.731. The van der Waals surface area contributed by atoms with Crippen LogP contribution in [0.25, 0.3) is 0 Å². The van der Waals surface area contributed by atoms with E-state index in [-0.39, 0.29) is 12.5 Å². The maximum atomic E-state index is 11.3. The summed E-state index contributed by atoms with van der Waals surface area (Å²) in [6, 6.07) is 1.85. The van der Waals surface area contributed by atoms with Gasteiger partial charge in [0.15, 0.2) is 0 Å². The minimum absolute atomic E-state index is 0.0500. The van der Waals surface area contributed by atoms with Gasteiger partial charge in [-0.25, -0.2) is 0 Å². The molecule has 12 heavy (non-hydrogen) atoms. The quantitative estimate of drug-likeness (QED) is 0.581. The molecule has 4 heteroatoms. The first kappa shape index (κ1) is 10.9. The third-order valence-electron chi connectivity index (χ3n) is 2.11. The average Bonchev–Trinajstić information content (AvgIpc) is 2.12. The molecule has 0 bridgehead atoms. The summed E-state index contributed by atoms with van der Waals surface area (Å²) >= 11 is 0. The van der Waals surface area contributed by atoms with E-state index in [4.69, 9.17) is 11.0 Å². The number of nitrogens with one attached hydrogen (secondary N) is 1. The lowest BCUT2D eigenvalue weighted by atomic mass is 9.87. The monoisotopic (exact) mass is 169 g/mol. The van der Waals surface area contributed by atoms with Gasteiger partial charge < -0.3 is 11.1 Å². The Hall–Kier alpha value is -1.08. The number of amides is 1. The van der Waals surface area contributed by atoms with Crippen molar-refractivity contribution in [3.63, 3.8) is 0 Å². The minimum atomic E-state index is -0.531. The van der Waals surface area contributed by atoms with E-state index in [9.17, 15) is 4.79 Å². The molecule has 0 radical (unpaired) electrons. The predicted octanol–water partition coefficient (Wildman–Crippen LogP) is 0.00118. The molecule has 0 heterocycles. The van der Waals surface area contributed by atoms with Crippen molar-refractivity contribution in [1.82, 2.24) is 5.32 Å². The zero-order chi connectivity index (χ0) is 9.61. The molecule has 0 saturated carbocycles. The standard InChI is InChI=1S/C8H15N3O/c1-3-8(2,6-10)7(12)11-5-4-9/h3,5-6,10H2,1-2H3,(H,11,12). The summed E-state index contributed by atoms with van der Waals surface area (Å²) in [5.74, 6) is -0.144. The number of nitrogens with two attached hydrogens (primary N) is 1. The molecule has 1 amide bonds. The summed E-state index contributed by atoms with van der Waals surface area (Å²) in [6.07, 6.45) is 0.681. The lowest BCUT2D eigenvalue weighted by Crippen LogP contribution is -2.43. The van der Waals surface area contributed by atoms with E-state index >= 15 is 0 Å². The number of nitriles is 1. The lowest BCUT2D eigenvalue weighted by molar-refractivity contribution is -0.129. The molecule has 0 aromatic heterocycles. The van der Waals surface area contributed by atoms with Gasteiger partial charge >= 0.3 is 0 Å². The van der Waals surface area contributed by atoms with Crippen molar-refractivity contribution < 1.29 is 4.79 Å². The van der Waals surface area contributed by atoms with Gasteiger partial charge in [-0.05, 0) is 13.3 Å². The highest BCUT2D eigenvalue weighted by atomic mass is 16.2. The second-order valence-corrected chi connectivity index (χ2v) is 2.96. The second-order valence-electron chi connectivity index (χ2n) is 2.96. The first-order valence-electron chi connectivity index (χ1n) is 3.96. The van der Waals surface area contributed by atoms with Gasteiger partial charge in [-0.1, -0.05) is 6.92 Å². The third kappa shape index (κ3) is 2.51. The van der Waals surface area contributed by atoms with Crippen LogP contribution in [0.2, 0.25) is 0 Å². The minimum Gasteiger partial charge on any atom is -0.342 e. The van der Waals surface area contributed by atoms with E-state index in [0.29, 0.717) is 13.0 Å². The largest absolute Gasteiger partial charge is 0.342 e. The van der Waals surface area contributed by atoms with Gasteiger partial charge in [0.05, 0.1) is 11.5 Å². The van der Waals surface area contributed by atoms with Crippen molar-refractivity contribution in [2.75, 3.05) is 13.1 Å². The Morgan fingerprint density at radius 1 is 1.75 bits per heavy atom. The van der Waals surface area contributed by atoms with Crippen LogP contribution in [0.5, 0.6) is 0 Å². The Balaban J connectivity index is 4.14. The highest BCUT2D eigenvalue weighted by Gasteiger charge is 2.28. The molecule has 0 aliphatic heterocycles. The number of hydrogen-bond donors (Lipinski definition) is 2. The summed E-state index contributed by atoms with van der Waals surface area (Å²) in [5.41, 5.74) is 4.92. The van der Waals surface area contributed by atoms with E-state index < -0.39 is 5.41 Å². The van der Waals surface area contributed by atoms with E-state index in [1.54, 1.807) is 6.92 Å². The molecule has 0 aliphatic carbocycles. The van der Waals surface area contributed by atoms with Gasteiger partial charge in [0.1, 0.15) is 6.54 Å². The van der Waals surface area contributed by atoms with Crippen molar-refractivity contribution >= 4 is 5.91 Å².